The number of hydrogen-bond donors (Lipinski definition) is 4. The first kappa shape index (κ1) is 15.4. The lowest BCUT2D eigenvalue weighted by Gasteiger charge is -2.14. The molecule has 1 atom stereocenters. The number of phenols is 1. The van der Waals surface area contributed by atoms with Gasteiger partial charge in [-0.3, -0.25) is 0 Å². The molecule has 0 aliphatic heterocycles. The van der Waals surface area contributed by atoms with E-state index in [0.29, 0.717) is 6.42 Å². The average Bonchev–Trinajstić information content (AvgIpc) is 2.35. The molecule has 1 unspecified atom stereocenters. The molecule has 0 saturated heterocycles. The standard InChI is InChI=1S/C11H15NO6S/c1-2-7(6-13)12-19(17,18)8-3-4-10(14)9(5-8)11(15)16/h3-5,7,12-14H,2,6H2,1H3,(H,15,16). The van der Waals surface area contributed by atoms with E-state index >= 15 is 0 Å². The molecule has 0 aliphatic carbocycles. The normalized spacial score (nSPS) is 13.2. The van der Waals surface area contributed by atoms with Gasteiger partial charge in [0.1, 0.15) is 11.3 Å². The number of carboxylic acids is 1. The smallest absolute Gasteiger partial charge is 0.339 e. The number of aliphatic hydroxyl groups is 1. The van der Waals surface area contributed by atoms with E-state index in [1.807, 2.05) is 0 Å². The largest absolute Gasteiger partial charge is 0.507 e. The Morgan fingerprint density at radius 1 is 1.42 bits per heavy atom. The van der Waals surface area contributed by atoms with Gasteiger partial charge in [0.2, 0.25) is 10.0 Å². The van der Waals surface area contributed by atoms with Gasteiger partial charge >= 0.3 is 5.97 Å². The molecule has 0 radical (unpaired) electrons. The topological polar surface area (TPSA) is 124 Å². The van der Waals surface area contributed by atoms with Crippen molar-refractivity contribution in [2.75, 3.05) is 6.61 Å². The van der Waals surface area contributed by atoms with Gasteiger partial charge in [-0.25, -0.2) is 17.9 Å². The third-order valence-corrected chi connectivity index (χ3v) is 4.06. The molecule has 1 aromatic rings. The maximum absolute atomic E-state index is 11.9. The van der Waals surface area contributed by atoms with Crippen molar-refractivity contribution in [3.05, 3.63) is 23.8 Å². The summed E-state index contributed by atoms with van der Waals surface area (Å²) in [5.74, 6) is -1.94. The lowest BCUT2D eigenvalue weighted by atomic mass is 10.2. The molecule has 0 aromatic heterocycles. The summed E-state index contributed by atoms with van der Waals surface area (Å²) >= 11 is 0. The summed E-state index contributed by atoms with van der Waals surface area (Å²) in [5, 5.41) is 27.1. The molecular weight excluding hydrogens is 274 g/mol. The second kappa shape index (κ2) is 6.00. The summed E-state index contributed by atoms with van der Waals surface area (Å²) in [7, 11) is -3.94. The summed E-state index contributed by atoms with van der Waals surface area (Å²) in [4.78, 5) is 10.5. The fourth-order valence-electron chi connectivity index (χ4n) is 1.39. The predicted octanol–water partition coefficient (Wildman–Crippen LogP) is 0.140. The molecule has 4 N–H and O–H groups in total. The van der Waals surface area contributed by atoms with Crippen LogP contribution in [0.2, 0.25) is 0 Å². The Morgan fingerprint density at radius 2 is 2.05 bits per heavy atom. The van der Waals surface area contributed by atoms with Gasteiger partial charge in [0, 0.05) is 6.04 Å². The molecule has 0 aliphatic rings. The Hall–Kier alpha value is -1.64. The number of aromatic hydroxyl groups is 1. The molecule has 7 nitrogen and oxygen atoms in total. The van der Waals surface area contributed by atoms with Gasteiger partial charge < -0.3 is 15.3 Å². The highest BCUT2D eigenvalue weighted by atomic mass is 32.2. The van der Waals surface area contributed by atoms with Gasteiger partial charge in [0.15, 0.2) is 0 Å². The van der Waals surface area contributed by atoms with E-state index in [1.54, 1.807) is 6.92 Å². The minimum Gasteiger partial charge on any atom is -0.507 e. The number of rotatable bonds is 6. The third kappa shape index (κ3) is 3.66. The molecule has 0 bridgehead atoms. The van der Waals surface area contributed by atoms with E-state index in [2.05, 4.69) is 4.72 Å². The highest BCUT2D eigenvalue weighted by molar-refractivity contribution is 7.89. The summed E-state index contributed by atoms with van der Waals surface area (Å²) in [6.07, 6.45) is 0.388. The number of sulfonamides is 1. The molecule has 0 amide bonds. The Bertz CT molecular complexity index is 565. The van der Waals surface area contributed by atoms with Crippen molar-refractivity contribution in [1.29, 1.82) is 0 Å². The molecule has 0 spiro atoms. The van der Waals surface area contributed by atoms with Crippen molar-refractivity contribution < 1.29 is 28.5 Å². The minimum absolute atomic E-state index is 0.283. The molecular formula is C11H15NO6S. The van der Waals surface area contributed by atoms with E-state index in [9.17, 15) is 18.3 Å². The zero-order valence-corrected chi connectivity index (χ0v) is 11.0. The number of carboxylic acid groups (broad SMARTS) is 1. The fourth-order valence-corrected chi connectivity index (χ4v) is 2.73. The first-order valence-electron chi connectivity index (χ1n) is 5.51. The van der Waals surface area contributed by atoms with Crippen LogP contribution in [0.1, 0.15) is 23.7 Å². The number of carbonyl (C=O) groups is 1. The molecule has 19 heavy (non-hydrogen) atoms. The maximum atomic E-state index is 11.9. The zero-order valence-electron chi connectivity index (χ0n) is 10.2. The van der Waals surface area contributed by atoms with E-state index in [0.717, 1.165) is 18.2 Å². The van der Waals surface area contributed by atoms with Gasteiger partial charge in [-0.2, -0.15) is 0 Å². The van der Waals surface area contributed by atoms with Crippen molar-refractivity contribution in [2.45, 2.75) is 24.3 Å². The summed E-state index contributed by atoms with van der Waals surface area (Å²) in [6, 6.07) is 2.31. The second-order valence-electron chi connectivity index (χ2n) is 3.89. The van der Waals surface area contributed by atoms with Gasteiger partial charge in [-0.15, -0.1) is 0 Å². The van der Waals surface area contributed by atoms with Crippen molar-refractivity contribution in [1.82, 2.24) is 4.72 Å². The molecule has 0 saturated carbocycles. The van der Waals surface area contributed by atoms with Crippen LogP contribution in [-0.4, -0.2) is 42.4 Å². The van der Waals surface area contributed by atoms with Crippen molar-refractivity contribution >= 4 is 16.0 Å². The van der Waals surface area contributed by atoms with E-state index in [1.165, 1.54) is 0 Å². The maximum Gasteiger partial charge on any atom is 0.339 e. The molecule has 0 fully saturated rings. The molecule has 1 aromatic carbocycles. The van der Waals surface area contributed by atoms with Crippen molar-refractivity contribution in [2.24, 2.45) is 0 Å². The fraction of sp³-hybridized carbons (Fsp3) is 0.364. The number of hydrogen-bond acceptors (Lipinski definition) is 5. The van der Waals surface area contributed by atoms with Gasteiger partial charge in [-0.05, 0) is 24.6 Å². The molecule has 0 heterocycles. The van der Waals surface area contributed by atoms with Gasteiger partial charge in [-0.1, -0.05) is 6.92 Å². The van der Waals surface area contributed by atoms with E-state index in [4.69, 9.17) is 10.2 Å². The minimum atomic E-state index is -3.94. The summed E-state index contributed by atoms with van der Waals surface area (Å²) in [5.41, 5.74) is -0.500. The van der Waals surface area contributed by atoms with Crippen LogP contribution in [0.15, 0.2) is 23.1 Å². The molecule has 1 rings (SSSR count). The van der Waals surface area contributed by atoms with Gasteiger partial charge in [0.25, 0.3) is 0 Å². The van der Waals surface area contributed by atoms with Crippen LogP contribution in [0.3, 0.4) is 0 Å². The Kier molecular flexibility index (Phi) is 4.87. The van der Waals surface area contributed by atoms with Crippen LogP contribution in [0, 0.1) is 0 Å². The third-order valence-electron chi connectivity index (χ3n) is 2.54. The van der Waals surface area contributed by atoms with E-state index in [-0.39, 0.29) is 11.5 Å². The number of nitrogens with one attached hydrogen (secondary N) is 1. The van der Waals surface area contributed by atoms with Crippen molar-refractivity contribution in [3.63, 3.8) is 0 Å². The second-order valence-corrected chi connectivity index (χ2v) is 5.61. The predicted molar refractivity (Wildman–Crippen MR) is 66.6 cm³/mol. The quantitative estimate of drug-likeness (QED) is 0.590. The van der Waals surface area contributed by atoms with E-state index < -0.39 is 33.3 Å². The first-order chi connectivity index (χ1) is 8.81. The Balaban J connectivity index is 3.15. The SMILES string of the molecule is CCC(CO)NS(=O)(=O)c1ccc(O)c(C(=O)O)c1. The average molecular weight is 289 g/mol. The Labute approximate surface area is 110 Å². The van der Waals surface area contributed by atoms with Gasteiger partial charge in [0.05, 0.1) is 11.5 Å². The number of aliphatic hydroxyl groups excluding tert-OH is 1. The number of aromatic carboxylic acids is 1. The van der Waals surface area contributed by atoms with Crippen LogP contribution in [0.4, 0.5) is 0 Å². The lowest BCUT2D eigenvalue weighted by molar-refractivity contribution is 0.0693. The lowest BCUT2D eigenvalue weighted by Crippen LogP contribution is -2.36. The number of benzene rings is 1. The zero-order chi connectivity index (χ0) is 14.6. The van der Waals surface area contributed by atoms with Crippen LogP contribution in [-0.2, 0) is 10.0 Å². The highest BCUT2D eigenvalue weighted by Gasteiger charge is 2.21. The van der Waals surface area contributed by atoms with Crippen LogP contribution in [0.25, 0.3) is 0 Å². The Morgan fingerprint density at radius 3 is 2.53 bits per heavy atom. The first-order valence-corrected chi connectivity index (χ1v) is 6.99. The van der Waals surface area contributed by atoms with Crippen LogP contribution >= 0.6 is 0 Å². The molecule has 106 valence electrons. The van der Waals surface area contributed by atoms with Crippen LogP contribution in [0.5, 0.6) is 5.75 Å². The summed E-state index contributed by atoms with van der Waals surface area (Å²) < 4.78 is 26.1. The molecule has 8 heteroatoms. The van der Waals surface area contributed by atoms with Crippen molar-refractivity contribution in [3.8, 4) is 5.75 Å². The summed E-state index contributed by atoms with van der Waals surface area (Å²) in [6.45, 7) is 1.34. The highest BCUT2D eigenvalue weighted by Crippen LogP contribution is 2.21. The van der Waals surface area contributed by atoms with Crippen LogP contribution < -0.4 is 4.72 Å². The monoisotopic (exact) mass is 289 g/mol.